The van der Waals surface area contributed by atoms with E-state index >= 15 is 0 Å². The number of benzene rings is 1. The molecule has 0 fully saturated rings. The molecule has 148 valence electrons. The molecule has 2 N–H and O–H groups in total. The van der Waals surface area contributed by atoms with Gasteiger partial charge in [-0.15, -0.1) is 22.7 Å². The highest BCUT2D eigenvalue weighted by Gasteiger charge is 2.12. The number of nitrogens with zero attached hydrogens (tertiary/aromatic N) is 2. The molecule has 0 aliphatic rings. The van der Waals surface area contributed by atoms with E-state index < -0.39 is 0 Å². The molecule has 8 heteroatoms. The van der Waals surface area contributed by atoms with E-state index in [9.17, 15) is 0 Å². The number of fused-ring (bicyclic) bond motifs is 1. The molecule has 0 aliphatic carbocycles. The van der Waals surface area contributed by atoms with Gasteiger partial charge in [-0.2, -0.15) is 0 Å². The van der Waals surface area contributed by atoms with E-state index in [0.717, 1.165) is 40.6 Å². The van der Waals surface area contributed by atoms with Crippen molar-refractivity contribution in [3.63, 3.8) is 0 Å². The topological polar surface area (TPSA) is 59.1 Å². The van der Waals surface area contributed by atoms with Crippen LogP contribution < -0.4 is 15.2 Å². The fourth-order valence-electron chi connectivity index (χ4n) is 2.82. The van der Waals surface area contributed by atoms with Gasteiger partial charge < -0.3 is 15.2 Å². The van der Waals surface area contributed by atoms with Crippen molar-refractivity contribution in [1.29, 1.82) is 0 Å². The van der Waals surface area contributed by atoms with Crippen LogP contribution in [-0.4, -0.2) is 16.5 Å². The van der Waals surface area contributed by atoms with Crippen molar-refractivity contribution in [1.82, 2.24) is 15.3 Å². The van der Waals surface area contributed by atoms with Gasteiger partial charge in [-0.25, -0.2) is 9.97 Å². The molecule has 1 unspecified atom stereocenters. The van der Waals surface area contributed by atoms with Gasteiger partial charge in [-0.1, -0.05) is 19.6 Å². The highest BCUT2D eigenvalue weighted by molar-refractivity contribution is 7.36. The summed E-state index contributed by atoms with van der Waals surface area (Å²) in [5.41, 5.74) is 3.19. The Bertz CT molecular complexity index is 1120. The molecule has 4 aromatic rings. The van der Waals surface area contributed by atoms with Crippen molar-refractivity contribution >= 4 is 53.2 Å². The zero-order valence-electron chi connectivity index (χ0n) is 15.9. The summed E-state index contributed by atoms with van der Waals surface area (Å²) in [5, 5.41) is 8.99. The fourth-order valence-corrected chi connectivity index (χ4v) is 5.22. The van der Waals surface area contributed by atoms with Crippen LogP contribution in [0.4, 0.5) is 11.5 Å². The first-order valence-electron chi connectivity index (χ1n) is 9.20. The fraction of sp³-hybridized carbons (Fsp3) is 0.143. The van der Waals surface area contributed by atoms with Crippen LogP contribution in [0.25, 0.3) is 20.0 Å². The van der Waals surface area contributed by atoms with Crippen molar-refractivity contribution in [2.24, 2.45) is 0 Å². The predicted octanol–water partition coefficient (Wildman–Crippen LogP) is 6.39. The monoisotopic (exact) mass is 440 g/mol. The van der Waals surface area contributed by atoms with E-state index in [2.05, 4.69) is 51.6 Å². The molecule has 0 bridgehead atoms. The summed E-state index contributed by atoms with van der Waals surface area (Å²) in [6.45, 7) is 7.69. The van der Waals surface area contributed by atoms with Crippen molar-refractivity contribution in [2.45, 2.75) is 13.5 Å². The standard InChI is InChI=1S/C21H21N4OPS2/c1-3-22-11-14-8-18(28-12-14)19-10-17-20(29-19)21(24-13-23-17)25-15-6-5-7-16(9-15)26-27-4-2/h4-10,12-13,22,27H,2-3,11H2,1H3,(H,23,24,25). The number of aromatic nitrogens is 2. The summed E-state index contributed by atoms with van der Waals surface area (Å²) in [4.78, 5) is 11.4. The molecule has 3 heterocycles. The lowest BCUT2D eigenvalue weighted by atomic mass is 10.2. The van der Waals surface area contributed by atoms with Crippen molar-refractivity contribution < 1.29 is 4.52 Å². The Labute approximate surface area is 179 Å². The van der Waals surface area contributed by atoms with Gasteiger partial charge in [0.15, 0.2) is 5.82 Å². The van der Waals surface area contributed by atoms with E-state index in [-0.39, 0.29) is 8.81 Å². The molecule has 29 heavy (non-hydrogen) atoms. The molecule has 0 aliphatic heterocycles. The zero-order valence-corrected chi connectivity index (χ0v) is 18.6. The molecule has 4 rings (SSSR count). The average Bonchev–Trinajstić information content (AvgIpc) is 3.38. The van der Waals surface area contributed by atoms with Crippen LogP contribution in [0, 0.1) is 0 Å². The number of hydrogen-bond acceptors (Lipinski definition) is 7. The molecule has 0 saturated carbocycles. The van der Waals surface area contributed by atoms with Gasteiger partial charge >= 0.3 is 0 Å². The number of nitrogens with one attached hydrogen (secondary N) is 2. The average molecular weight is 441 g/mol. The van der Waals surface area contributed by atoms with Crippen molar-refractivity contribution in [2.75, 3.05) is 11.9 Å². The van der Waals surface area contributed by atoms with E-state index in [1.165, 1.54) is 15.3 Å². The third kappa shape index (κ3) is 4.82. The van der Waals surface area contributed by atoms with Gasteiger partial charge in [0.1, 0.15) is 12.1 Å². The number of thiophene rings is 2. The van der Waals surface area contributed by atoms with Crippen LogP contribution in [-0.2, 0) is 6.54 Å². The second kappa shape index (κ2) is 9.46. The first-order chi connectivity index (χ1) is 14.3. The van der Waals surface area contributed by atoms with Crippen LogP contribution in [0.1, 0.15) is 12.5 Å². The Morgan fingerprint density at radius 1 is 1.21 bits per heavy atom. The second-order valence-corrected chi connectivity index (χ2v) is 9.04. The molecule has 3 aromatic heterocycles. The normalized spacial score (nSPS) is 11.3. The molecule has 1 atom stereocenters. The van der Waals surface area contributed by atoms with E-state index in [1.807, 2.05) is 24.3 Å². The molecular weight excluding hydrogens is 419 g/mol. The molecular formula is C21H21N4OPS2. The van der Waals surface area contributed by atoms with Crippen LogP contribution in [0.2, 0.25) is 0 Å². The molecule has 0 spiro atoms. The Balaban J connectivity index is 1.60. The minimum Gasteiger partial charge on any atom is -0.473 e. The van der Waals surface area contributed by atoms with Gasteiger partial charge in [0.05, 0.1) is 19.0 Å². The van der Waals surface area contributed by atoms with Gasteiger partial charge in [-0.3, -0.25) is 0 Å². The first-order valence-corrected chi connectivity index (χ1v) is 11.9. The van der Waals surface area contributed by atoms with Crippen LogP contribution in [0.15, 0.2) is 60.5 Å². The van der Waals surface area contributed by atoms with Gasteiger partial charge in [-0.05, 0) is 47.6 Å². The summed E-state index contributed by atoms with van der Waals surface area (Å²) in [5.74, 6) is 3.37. The van der Waals surface area contributed by atoms with Gasteiger partial charge in [0.2, 0.25) is 0 Å². The third-order valence-corrected chi connectivity index (χ3v) is 6.97. The lowest BCUT2D eigenvalue weighted by Gasteiger charge is -2.08. The lowest BCUT2D eigenvalue weighted by Crippen LogP contribution is -2.10. The number of anilines is 2. The first kappa shape index (κ1) is 20.0. The summed E-state index contributed by atoms with van der Waals surface area (Å²) >= 11 is 3.48. The third-order valence-electron chi connectivity index (χ3n) is 4.14. The maximum Gasteiger partial charge on any atom is 0.151 e. The molecule has 0 saturated heterocycles. The van der Waals surface area contributed by atoms with Crippen LogP contribution >= 0.6 is 31.5 Å². The van der Waals surface area contributed by atoms with Crippen molar-refractivity contribution in [3.05, 3.63) is 66.1 Å². The SMILES string of the molecule is C=CPOc1cccc(Nc2ncnc3cc(-c4cc(CNCC)cs4)sc23)c1. The Hall–Kier alpha value is -2.31. The Morgan fingerprint density at radius 3 is 3.00 bits per heavy atom. The van der Waals surface area contributed by atoms with Gasteiger partial charge in [0.25, 0.3) is 0 Å². The minimum atomic E-state index is 0.239. The molecule has 0 radical (unpaired) electrons. The van der Waals surface area contributed by atoms with E-state index in [4.69, 9.17) is 4.52 Å². The second-order valence-electron chi connectivity index (χ2n) is 6.22. The maximum absolute atomic E-state index is 5.65. The summed E-state index contributed by atoms with van der Waals surface area (Å²) in [6, 6.07) is 12.2. The lowest BCUT2D eigenvalue weighted by molar-refractivity contribution is 0.638. The molecule has 5 nitrogen and oxygen atoms in total. The summed E-state index contributed by atoms with van der Waals surface area (Å²) in [7, 11) is 0.239. The Kier molecular flexibility index (Phi) is 6.52. The minimum absolute atomic E-state index is 0.239. The van der Waals surface area contributed by atoms with E-state index in [1.54, 1.807) is 34.8 Å². The van der Waals surface area contributed by atoms with Crippen LogP contribution in [0.3, 0.4) is 0 Å². The smallest absolute Gasteiger partial charge is 0.151 e. The predicted molar refractivity (Wildman–Crippen MR) is 127 cm³/mol. The number of hydrogen-bond donors (Lipinski definition) is 2. The Morgan fingerprint density at radius 2 is 2.14 bits per heavy atom. The highest BCUT2D eigenvalue weighted by Crippen LogP contribution is 2.39. The molecule has 0 amide bonds. The summed E-state index contributed by atoms with van der Waals surface area (Å²) in [6.07, 6.45) is 1.60. The van der Waals surface area contributed by atoms with Gasteiger partial charge in [0, 0.05) is 28.1 Å². The highest BCUT2D eigenvalue weighted by atomic mass is 32.1. The zero-order chi connectivity index (χ0) is 20.1. The maximum atomic E-state index is 5.65. The quantitative estimate of drug-likeness (QED) is 0.295. The van der Waals surface area contributed by atoms with Crippen molar-refractivity contribution in [3.8, 4) is 15.5 Å². The number of rotatable bonds is 9. The van der Waals surface area contributed by atoms with Crippen LogP contribution in [0.5, 0.6) is 5.75 Å². The summed E-state index contributed by atoms with van der Waals surface area (Å²) < 4.78 is 6.69. The molecule has 1 aromatic carbocycles. The largest absolute Gasteiger partial charge is 0.473 e. The van der Waals surface area contributed by atoms with E-state index in [0.29, 0.717) is 0 Å².